The zero-order valence-corrected chi connectivity index (χ0v) is 6.47. The summed E-state index contributed by atoms with van der Waals surface area (Å²) in [5.74, 6) is 0. The topological polar surface area (TPSA) is 32.3 Å². The molecule has 0 saturated heterocycles. The third-order valence-electron chi connectivity index (χ3n) is 1.37. The van der Waals surface area contributed by atoms with Crippen LogP contribution in [0.4, 0.5) is 0 Å². The van der Waals surface area contributed by atoms with Crippen molar-refractivity contribution < 1.29 is 5.11 Å². The zero-order chi connectivity index (χ0) is 7.66. The van der Waals surface area contributed by atoms with Gasteiger partial charge in [-0.05, 0) is 19.0 Å². The van der Waals surface area contributed by atoms with Gasteiger partial charge in [-0.1, -0.05) is 19.4 Å². The Morgan fingerprint density at radius 3 is 2.50 bits per heavy atom. The summed E-state index contributed by atoms with van der Waals surface area (Å²) in [6.45, 7) is 4.88. The van der Waals surface area contributed by atoms with E-state index in [2.05, 4.69) is 11.9 Å². The van der Waals surface area contributed by atoms with Gasteiger partial charge in [-0.15, -0.1) is 0 Å². The number of aliphatic hydroxyl groups excluding tert-OH is 1. The molecule has 0 aliphatic carbocycles. The van der Waals surface area contributed by atoms with Gasteiger partial charge in [0, 0.05) is 13.2 Å². The van der Waals surface area contributed by atoms with Gasteiger partial charge in [0.05, 0.1) is 0 Å². The molecule has 0 unspecified atom stereocenters. The SMILES string of the molecule is C=CNCCCCCCO. The van der Waals surface area contributed by atoms with E-state index in [-0.39, 0.29) is 0 Å². The zero-order valence-electron chi connectivity index (χ0n) is 6.47. The van der Waals surface area contributed by atoms with Crippen LogP contribution >= 0.6 is 0 Å². The normalized spacial score (nSPS) is 9.30. The Balaban J connectivity index is 2.70. The first-order valence-corrected chi connectivity index (χ1v) is 3.87. The van der Waals surface area contributed by atoms with Crippen molar-refractivity contribution in [1.29, 1.82) is 0 Å². The first-order chi connectivity index (χ1) is 4.91. The maximum absolute atomic E-state index is 8.44. The molecule has 0 atom stereocenters. The van der Waals surface area contributed by atoms with Crippen LogP contribution in [0.15, 0.2) is 12.8 Å². The predicted octanol–water partition coefficient (Wildman–Crippen LogP) is 1.27. The summed E-state index contributed by atoms with van der Waals surface area (Å²) in [7, 11) is 0. The van der Waals surface area contributed by atoms with Crippen LogP contribution in [0.1, 0.15) is 25.7 Å². The highest BCUT2D eigenvalue weighted by atomic mass is 16.2. The summed E-state index contributed by atoms with van der Waals surface area (Å²) in [5.41, 5.74) is 0. The maximum atomic E-state index is 8.44. The van der Waals surface area contributed by atoms with Crippen LogP contribution in [0.2, 0.25) is 0 Å². The molecular weight excluding hydrogens is 126 g/mol. The molecule has 0 saturated carbocycles. The third kappa shape index (κ3) is 7.50. The molecule has 10 heavy (non-hydrogen) atoms. The van der Waals surface area contributed by atoms with Crippen LogP contribution in [-0.2, 0) is 0 Å². The molecule has 0 aliphatic heterocycles. The Morgan fingerprint density at radius 2 is 1.90 bits per heavy atom. The lowest BCUT2D eigenvalue weighted by Gasteiger charge is -1.98. The van der Waals surface area contributed by atoms with Crippen molar-refractivity contribution in [2.75, 3.05) is 13.2 Å². The third-order valence-corrected chi connectivity index (χ3v) is 1.37. The standard InChI is InChI=1S/C8H17NO/c1-2-9-7-5-3-4-6-8-10/h2,9-10H,1,3-8H2. The average molecular weight is 143 g/mol. The first kappa shape index (κ1) is 9.50. The predicted molar refractivity (Wildman–Crippen MR) is 43.8 cm³/mol. The van der Waals surface area contributed by atoms with E-state index in [0.717, 1.165) is 19.4 Å². The number of hydrogen-bond acceptors (Lipinski definition) is 2. The van der Waals surface area contributed by atoms with E-state index < -0.39 is 0 Å². The molecule has 0 aromatic heterocycles. The molecular formula is C8H17NO. The molecule has 0 bridgehead atoms. The van der Waals surface area contributed by atoms with Crippen molar-refractivity contribution in [3.05, 3.63) is 12.8 Å². The van der Waals surface area contributed by atoms with Crippen LogP contribution in [0.5, 0.6) is 0 Å². The van der Waals surface area contributed by atoms with Gasteiger partial charge >= 0.3 is 0 Å². The summed E-state index contributed by atoms with van der Waals surface area (Å²) in [6, 6.07) is 0. The number of rotatable bonds is 7. The van der Waals surface area contributed by atoms with Crippen LogP contribution < -0.4 is 5.32 Å². The number of nitrogens with one attached hydrogen (secondary N) is 1. The molecule has 0 heterocycles. The van der Waals surface area contributed by atoms with Gasteiger partial charge < -0.3 is 10.4 Å². The Labute approximate surface area is 62.9 Å². The van der Waals surface area contributed by atoms with E-state index in [0.29, 0.717) is 6.61 Å². The van der Waals surface area contributed by atoms with Gasteiger partial charge in [-0.25, -0.2) is 0 Å². The Hall–Kier alpha value is -0.500. The molecule has 60 valence electrons. The second-order valence-electron chi connectivity index (χ2n) is 2.30. The molecule has 0 spiro atoms. The summed E-state index contributed by atoms with van der Waals surface area (Å²) < 4.78 is 0. The molecule has 2 nitrogen and oxygen atoms in total. The van der Waals surface area contributed by atoms with Gasteiger partial charge in [0.1, 0.15) is 0 Å². The summed E-state index contributed by atoms with van der Waals surface area (Å²) in [4.78, 5) is 0. The van der Waals surface area contributed by atoms with Crippen molar-refractivity contribution >= 4 is 0 Å². The van der Waals surface area contributed by atoms with E-state index >= 15 is 0 Å². The van der Waals surface area contributed by atoms with Crippen molar-refractivity contribution in [3.63, 3.8) is 0 Å². The van der Waals surface area contributed by atoms with E-state index in [1.165, 1.54) is 12.8 Å². The smallest absolute Gasteiger partial charge is 0.0431 e. The van der Waals surface area contributed by atoms with Crippen molar-refractivity contribution in [3.8, 4) is 0 Å². The van der Waals surface area contributed by atoms with Crippen molar-refractivity contribution in [2.24, 2.45) is 0 Å². The molecule has 2 heteroatoms. The number of aliphatic hydroxyl groups is 1. The monoisotopic (exact) mass is 143 g/mol. The number of hydrogen-bond donors (Lipinski definition) is 2. The van der Waals surface area contributed by atoms with Crippen LogP contribution in [0.25, 0.3) is 0 Å². The lowest BCUT2D eigenvalue weighted by atomic mass is 10.2. The molecule has 0 aliphatic rings. The lowest BCUT2D eigenvalue weighted by molar-refractivity contribution is 0.282. The minimum Gasteiger partial charge on any atom is -0.396 e. The minimum atomic E-state index is 0.328. The highest BCUT2D eigenvalue weighted by Crippen LogP contribution is 1.96. The fraction of sp³-hybridized carbons (Fsp3) is 0.750. The molecule has 0 rings (SSSR count). The maximum Gasteiger partial charge on any atom is 0.0431 e. The van der Waals surface area contributed by atoms with Gasteiger partial charge in [0.2, 0.25) is 0 Å². The Kier molecular flexibility index (Phi) is 8.07. The van der Waals surface area contributed by atoms with Crippen LogP contribution in [0.3, 0.4) is 0 Å². The second-order valence-corrected chi connectivity index (χ2v) is 2.30. The molecule has 0 aromatic carbocycles. The molecule has 0 fully saturated rings. The van der Waals surface area contributed by atoms with Gasteiger partial charge in [0.25, 0.3) is 0 Å². The second kappa shape index (κ2) is 8.50. The number of unbranched alkanes of at least 4 members (excludes halogenated alkanes) is 3. The largest absolute Gasteiger partial charge is 0.396 e. The van der Waals surface area contributed by atoms with Crippen LogP contribution in [-0.4, -0.2) is 18.3 Å². The summed E-state index contributed by atoms with van der Waals surface area (Å²) in [6.07, 6.45) is 6.16. The summed E-state index contributed by atoms with van der Waals surface area (Å²) in [5, 5.41) is 11.5. The molecule has 0 amide bonds. The van der Waals surface area contributed by atoms with Gasteiger partial charge in [-0.3, -0.25) is 0 Å². The summed E-state index contributed by atoms with van der Waals surface area (Å²) >= 11 is 0. The fourth-order valence-electron chi connectivity index (χ4n) is 0.794. The van der Waals surface area contributed by atoms with Crippen molar-refractivity contribution in [2.45, 2.75) is 25.7 Å². The van der Waals surface area contributed by atoms with E-state index in [1.54, 1.807) is 6.20 Å². The molecule has 0 radical (unpaired) electrons. The average Bonchev–Trinajstić information content (AvgIpc) is 1.97. The Morgan fingerprint density at radius 1 is 1.20 bits per heavy atom. The van der Waals surface area contributed by atoms with Crippen LogP contribution in [0, 0.1) is 0 Å². The van der Waals surface area contributed by atoms with Gasteiger partial charge in [0.15, 0.2) is 0 Å². The highest BCUT2D eigenvalue weighted by molar-refractivity contribution is 4.61. The van der Waals surface area contributed by atoms with Crippen molar-refractivity contribution in [1.82, 2.24) is 5.32 Å². The fourth-order valence-corrected chi connectivity index (χ4v) is 0.794. The molecule has 2 N–H and O–H groups in total. The van der Waals surface area contributed by atoms with E-state index in [1.807, 2.05) is 0 Å². The van der Waals surface area contributed by atoms with E-state index in [9.17, 15) is 0 Å². The van der Waals surface area contributed by atoms with Gasteiger partial charge in [-0.2, -0.15) is 0 Å². The lowest BCUT2D eigenvalue weighted by Crippen LogP contribution is -2.05. The minimum absolute atomic E-state index is 0.328. The first-order valence-electron chi connectivity index (χ1n) is 3.87. The quantitative estimate of drug-likeness (QED) is 0.526. The van der Waals surface area contributed by atoms with E-state index in [4.69, 9.17) is 5.11 Å². The highest BCUT2D eigenvalue weighted by Gasteiger charge is 1.86. The molecule has 0 aromatic rings. The Bertz CT molecular complexity index is 73.7.